The van der Waals surface area contributed by atoms with Crippen molar-refractivity contribution in [3.8, 4) is 0 Å². The number of thioether (sulfide) groups is 1. The van der Waals surface area contributed by atoms with Crippen molar-refractivity contribution >= 4 is 17.7 Å². The summed E-state index contributed by atoms with van der Waals surface area (Å²) < 4.78 is 0. The van der Waals surface area contributed by atoms with Crippen molar-refractivity contribution in [1.29, 1.82) is 0 Å². The highest BCUT2D eigenvalue weighted by atomic mass is 32.2. The first kappa shape index (κ1) is 13.2. The fraction of sp³-hybridized carbons (Fsp3) is 0.917. The molecule has 2 rings (SSSR count). The Morgan fingerprint density at radius 3 is 2.88 bits per heavy atom. The Morgan fingerprint density at radius 2 is 2.24 bits per heavy atom. The molecule has 2 unspecified atom stereocenters. The van der Waals surface area contributed by atoms with Crippen LogP contribution in [0, 0.1) is 0 Å². The fourth-order valence-corrected chi connectivity index (χ4v) is 3.66. The molecule has 17 heavy (non-hydrogen) atoms. The van der Waals surface area contributed by atoms with Crippen LogP contribution in [0.3, 0.4) is 0 Å². The Labute approximate surface area is 107 Å². The zero-order valence-electron chi connectivity index (χ0n) is 10.4. The number of carbonyl (C=O) groups is 1. The molecule has 2 atom stereocenters. The Kier molecular flexibility index (Phi) is 4.33. The van der Waals surface area contributed by atoms with Gasteiger partial charge in [0, 0.05) is 24.9 Å². The molecule has 2 aliphatic rings. The number of aliphatic hydroxyl groups is 1. The van der Waals surface area contributed by atoms with Gasteiger partial charge < -0.3 is 15.3 Å². The van der Waals surface area contributed by atoms with Gasteiger partial charge in [0.15, 0.2) is 0 Å². The second kappa shape index (κ2) is 5.59. The number of piperidine rings is 1. The van der Waals surface area contributed by atoms with E-state index in [1.54, 1.807) is 11.8 Å². The van der Waals surface area contributed by atoms with Crippen LogP contribution in [0.1, 0.15) is 26.2 Å². The maximum Gasteiger partial charge on any atom is 0.232 e. The highest BCUT2D eigenvalue weighted by Gasteiger charge is 2.35. The van der Waals surface area contributed by atoms with E-state index in [1.165, 1.54) is 0 Å². The van der Waals surface area contributed by atoms with E-state index < -0.39 is 5.60 Å². The SMILES string of the molecule is CC1(O)CCNCC1SCC(=O)N1CCCC1. The molecule has 0 aromatic rings. The summed E-state index contributed by atoms with van der Waals surface area (Å²) >= 11 is 1.60. The molecular weight excluding hydrogens is 236 g/mol. The van der Waals surface area contributed by atoms with Crippen LogP contribution in [0.5, 0.6) is 0 Å². The third-order valence-corrected chi connectivity index (χ3v) is 5.19. The van der Waals surface area contributed by atoms with Crippen molar-refractivity contribution in [1.82, 2.24) is 10.2 Å². The summed E-state index contributed by atoms with van der Waals surface area (Å²) in [4.78, 5) is 13.8. The molecule has 1 amide bonds. The zero-order chi connectivity index (χ0) is 12.3. The lowest BCUT2D eigenvalue weighted by Gasteiger charge is -2.37. The van der Waals surface area contributed by atoms with Crippen molar-refractivity contribution in [3.05, 3.63) is 0 Å². The van der Waals surface area contributed by atoms with Crippen molar-refractivity contribution < 1.29 is 9.90 Å². The summed E-state index contributed by atoms with van der Waals surface area (Å²) in [6.45, 7) is 5.37. The molecule has 0 saturated carbocycles. The molecule has 0 spiro atoms. The number of likely N-dealkylation sites (tertiary alicyclic amines) is 1. The van der Waals surface area contributed by atoms with E-state index >= 15 is 0 Å². The van der Waals surface area contributed by atoms with Crippen LogP contribution in [0.2, 0.25) is 0 Å². The fourth-order valence-electron chi connectivity index (χ4n) is 2.42. The molecule has 2 saturated heterocycles. The zero-order valence-corrected chi connectivity index (χ0v) is 11.3. The molecule has 0 bridgehead atoms. The Morgan fingerprint density at radius 1 is 1.53 bits per heavy atom. The molecule has 0 radical (unpaired) electrons. The largest absolute Gasteiger partial charge is 0.389 e. The van der Waals surface area contributed by atoms with Gasteiger partial charge in [-0.25, -0.2) is 0 Å². The molecule has 2 fully saturated rings. The maximum atomic E-state index is 11.9. The summed E-state index contributed by atoms with van der Waals surface area (Å²) in [5.41, 5.74) is -0.638. The average molecular weight is 258 g/mol. The highest BCUT2D eigenvalue weighted by molar-refractivity contribution is 8.00. The first-order valence-electron chi connectivity index (χ1n) is 6.42. The van der Waals surface area contributed by atoms with Crippen LogP contribution in [0.4, 0.5) is 0 Å². The van der Waals surface area contributed by atoms with Gasteiger partial charge in [-0.1, -0.05) is 0 Å². The molecule has 98 valence electrons. The molecule has 0 aromatic heterocycles. The van der Waals surface area contributed by atoms with Gasteiger partial charge in [-0.15, -0.1) is 11.8 Å². The van der Waals surface area contributed by atoms with Crippen LogP contribution in [0.25, 0.3) is 0 Å². The van der Waals surface area contributed by atoms with Gasteiger partial charge in [-0.3, -0.25) is 4.79 Å². The minimum Gasteiger partial charge on any atom is -0.389 e. The lowest BCUT2D eigenvalue weighted by atomic mass is 9.94. The van der Waals surface area contributed by atoms with Crippen molar-refractivity contribution in [2.45, 2.75) is 37.0 Å². The van der Waals surface area contributed by atoms with E-state index in [1.807, 2.05) is 11.8 Å². The molecule has 0 aromatic carbocycles. The van der Waals surface area contributed by atoms with Gasteiger partial charge in [0.2, 0.25) is 5.91 Å². The van der Waals surface area contributed by atoms with Crippen LogP contribution in [-0.4, -0.2) is 58.7 Å². The average Bonchev–Trinajstić information content (AvgIpc) is 2.80. The number of hydrogen-bond acceptors (Lipinski definition) is 4. The second-order valence-corrected chi connectivity index (χ2v) is 6.39. The quantitative estimate of drug-likeness (QED) is 0.772. The van der Waals surface area contributed by atoms with Gasteiger partial charge in [0.1, 0.15) is 0 Å². The molecule has 2 aliphatic heterocycles. The number of amides is 1. The van der Waals surface area contributed by atoms with Crippen molar-refractivity contribution in [2.24, 2.45) is 0 Å². The van der Waals surface area contributed by atoms with Gasteiger partial charge in [-0.05, 0) is 32.7 Å². The van der Waals surface area contributed by atoms with Crippen molar-refractivity contribution in [2.75, 3.05) is 31.9 Å². The van der Waals surface area contributed by atoms with E-state index in [9.17, 15) is 9.90 Å². The minimum atomic E-state index is -0.638. The van der Waals surface area contributed by atoms with E-state index in [2.05, 4.69) is 5.32 Å². The second-order valence-electron chi connectivity index (χ2n) is 5.20. The van der Waals surface area contributed by atoms with E-state index in [0.29, 0.717) is 5.75 Å². The summed E-state index contributed by atoms with van der Waals surface area (Å²) in [7, 11) is 0. The van der Waals surface area contributed by atoms with Gasteiger partial charge >= 0.3 is 0 Å². The summed E-state index contributed by atoms with van der Waals surface area (Å²) in [5.74, 6) is 0.733. The number of nitrogens with one attached hydrogen (secondary N) is 1. The normalized spacial score (nSPS) is 34.0. The lowest BCUT2D eigenvalue weighted by molar-refractivity contribution is -0.127. The van der Waals surface area contributed by atoms with Crippen LogP contribution in [0.15, 0.2) is 0 Å². The third-order valence-electron chi connectivity index (χ3n) is 3.70. The molecule has 5 heteroatoms. The summed E-state index contributed by atoms with van der Waals surface area (Å²) in [6.07, 6.45) is 3.04. The Bertz CT molecular complexity index is 278. The van der Waals surface area contributed by atoms with Gasteiger partial charge in [-0.2, -0.15) is 0 Å². The van der Waals surface area contributed by atoms with E-state index in [-0.39, 0.29) is 11.2 Å². The molecule has 2 N–H and O–H groups in total. The van der Waals surface area contributed by atoms with E-state index in [4.69, 9.17) is 0 Å². The molecule has 2 heterocycles. The summed E-state index contributed by atoms with van der Waals surface area (Å²) in [5, 5.41) is 13.6. The van der Waals surface area contributed by atoms with Gasteiger partial charge in [0.05, 0.1) is 11.4 Å². The number of carbonyl (C=O) groups excluding carboxylic acids is 1. The third kappa shape index (κ3) is 3.36. The first-order chi connectivity index (χ1) is 8.09. The predicted octanol–water partition coefficient (Wildman–Crippen LogP) is 0.455. The van der Waals surface area contributed by atoms with Crippen LogP contribution < -0.4 is 5.32 Å². The Balaban J connectivity index is 1.78. The van der Waals surface area contributed by atoms with Gasteiger partial charge in [0.25, 0.3) is 0 Å². The minimum absolute atomic E-state index is 0.128. The standard InChI is InChI=1S/C12H22N2O2S/c1-12(16)4-5-13-8-10(12)17-9-11(15)14-6-2-3-7-14/h10,13,16H,2-9H2,1H3. The molecule has 4 nitrogen and oxygen atoms in total. The topological polar surface area (TPSA) is 52.6 Å². The monoisotopic (exact) mass is 258 g/mol. The highest BCUT2D eigenvalue weighted by Crippen LogP contribution is 2.28. The van der Waals surface area contributed by atoms with E-state index in [0.717, 1.165) is 45.4 Å². The smallest absolute Gasteiger partial charge is 0.232 e. The number of rotatable bonds is 3. The number of nitrogens with zero attached hydrogens (tertiary/aromatic N) is 1. The first-order valence-corrected chi connectivity index (χ1v) is 7.47. The maximum absolute atomic E-state index is 11.9. The number of hydrogen-bond donors (Lipinski definition) is 2. The summed E-state index contributed by atoms with van der Waals surface area (Å²) in [6, 6.07) is 0. The van der Waals surface area contributed by atoms with Crippen molar-refractivity contribution in [3.63, 3.8) is 0 Å². The Hall–Kier alpha value is -0.260. The molecular formula is C12H22N2O2S. The molecule has 0 aliphatic carbocycles. The lowest BCUT2D eigenvalue weighted by Crippen LogP contribution is -2.51. The predicted molar refractivity (Wildman–Crippen MR) is 70.2 cm³/mol. The van der Waals surface area contributed by atoms with Crippen LogP contribution in [-0.2, 0) is 4.79 Å². The van der Waals surface area contributed by atoms with Crippen LogP contribution >= 0.6 is 11.8 Å².